The van der Waals surface area contributed by atoms with Gasteiger partial charge >= 0.3 is 0 Å². The first-order chi connectivity index (χ1) is 9.56. The summed E-state index contributed by atoms with van der Waals surface area (Å²) in [5.41, 5.74) is 5.98. The van der Waals surface area contributed by atoms with Crippen LogP contribution in [0.15, 0.2) is 18.2 Å². The molecule has 0 fully saturated rings. The average molecular weight is 297 g/mol. The first-order valence-electron chi connectivity index (χ1n) is 6.53. The molecule has 3 N–H and O–H groups in total. The Labute approximate surface area is 122 Å². The van der Waals surface area contributed by atoms with Crippen LogP contribution in [-0.4, -0.2) is 25.0 Å². The smallest absolute Gasteiger partial charge is 0.226 e. The molecule has 2 rings (SSSR count). The lowest BCUT2D eigenvalue weighted by atomic mass is 9.96. The Morgan fingerprint density at radius 1 is 1.45 bits per heavy atom. The van der Waals surface area contributed by atoms with Gasteiger partial charge in [0.1, 0.15) is 12.4 Å². The van der Waals surface area contributed by atoms with Gasteiger partial charge in [0.05, 0.1) is 5.92 Å². The molecule has 1 atom stereocenters. The van der Waals surface area contributed by atoms with Crippen molar-refractivity contribution >= 4 is 23.4 Å². The van der Waals surface area contributed by atoms with E-state index in [2.05, 4.69) is 5.32 Å². The van der Waals surface area contributed by atoms with Crippen molar-refractivity contribution in [1.29, 1.82) is 0 Å². The summed E-state index contributed by atoms with van der Waals surface area (Å²) >= 11 is 5.94. The maximum Gasteiger partial charge on any atom is 0.226 e. The van der Waals surface area contributed by atoms with Crippen LogP contribution in [0.2, 0.25) is 5.02 Å². The molecule has 0 saturated heterocycles. The van der Waals surface area contributed by atoms with E-state index in [0.717, 1.165) is 11.3 Å². The predicted molar refractivity (Wildman–Crippen MR) is 75.6 cm³/mol. The van der Waals surface area contributed by atoms with Crippen molar-refractivity contribution in [3.8, 4) is 5.75 Å². The fraction of sp³-hybridized carbons (Fsp3) is 0.429. The highest BCUT2D eigenvalue weighted by Crippen LogP contribution is 2.29. The van der Waals surface area contributed by atoms with Crippen LogP contribution in [0.3, 0.4) is 0 Å². The zero-order valence-corrected chi connectivity index (χ0v) is 11.8. The van der Waals surface area contributed by atoms with E-state index >= 15 is 0 Å². The zero-order valence-electron chi connectivity index (χ0n) is 11.0. The van der Waals surface area contributed by atoms with Gasteiger partial charge in [0.2, 0.25) is 11.8 Å². The van der Waals surface area contributed by atoms with E-state index in [-0.39, 0.29) is 24.2 Å². The predicted octanol–water partition coefficient (Wildman–Crippen LogP) is 1.27. The zero-order chi connectivity index (χ0) is 14.5. The van der Waals surface area contributed by atoms with Gasteiger partial charge in [0.25, 0.3) is 0 Å². The van der Waals surface area contributed by atoms with Gasteiger partial charge in [-0.15, -0.1) is 0 Å². The minimum Gasteiger partial charge on any atom is -0.492 e. The Balaban J connectivity index is 1.85. The second-order valence-corrected chi connectivity index (χ2v) is 5.26. The van der Waals surface area contributed by atoms with Crippen molar-refractivity contribution in [2.24, 2.45) is 11.7 Å². The fourth-order valence-corrected chi connectivity index (χ4v) is 2.34. The lowest BCUT2D eigenvalue weighted by Crippen LogP contribution is -2.38. The molecule has 0 unspecified atom stereocenters. The number of ether oxygens (including phenoxy) is 1. The molecule has 0 bridgehead atoms. The molecule has 108 valence electrons. The number of carbonyl (C=O) groups is 2. The largest absolute Gasteiger partial charge is 0.492 e. The van der Waals surface area contributed by atoms with Crippen molar-refractivity contribution in [2.45, 2.75) is 19.3 Å². The molecule has 1 heterocycles. The summed E-state index contributed by atoms with van der Waals surface area (Å²) in [5, 5.41) is 3.43. The van der Waals surface area contributed by atoms with Crippen LogP contribution in [-0.2, 0) is 16.0 Å². The molecule has 0 spiro atoms. The van der Waals surface area contributed by atoms with Crippen LogP contribution >= 0.6 is 11.6 Å². The third kappa shape index (κ3) is 3.87. The summed E-state index contributed by atoms with van der Waals surface area (Å²) in [5.74, 6) is 0.130. The van der Waals surface area contributed by atoms with E-state index in [0.29, 0.717) is 31.0 Å². The van der Waals surface area contributed by atoms with Crippen LogP contribution in [0.5, 0.6) is 5.75 Å². The summed E-state index contributed by atoms with van der Waals surface area (Å²) in [4.78, 5) is 22.6. The standard InChI is InChI=1S/C14H17ClN2O3/c15-11-3-4-12-9(7-11)6-10(8-20-12)14(19)17-5-1-2-13(16)18/h3-4,7,10H,1-2,5-6,8H2,(H2,16,18)(H,17,19)/t10-/m1/s1. The second kappa shape index (κ2) is 6.61. The summed E-state index contributed by atoms with van der Waals surface area (Å²) in [6, 6.07) is 5.41. The Morgan fingerprint density at radius 3 is 3.00 bits per heavy atom. The van der Waals surface area contributed by atoms with Crippen LogP contribution in [0.1, 0.15) is 18.4 Å². The van der Waals surface area contributed by atoms with Crippen molar-refractivity contribution in [3.63, 3.8) is 0 Å². The maximum absolute atomic E-state index is 12.0. The van der Waals surface area contributed by atoms with Gasteiger partial charge in [-0.1, -0.05) is 11.6 Å². The van der Waals surface area contributed by atoms with Crippen LogP contribution < -0.4 is 15.8 Å². The highest BCUT2D eigenvalue weighted by molar-refractivity contribution is 6.30. The first-order valence-corrected chi connectivity index (χ1v) is 6.91. The highest BCUT2D eigenvalue weighted by atomic mass is 35.5. The maximum atomic E-state index is 12.0. The average Bonchev–Trinajstić information content (AvgIpc) is 2.42. The third-order valence-electron chi connectivity index (χ3n) is 3.20. The third-order valence-corrected chi connectivity index (χ3v) is 3.43. The Kier molecular flexibility index (Phi) is 4.84. The normalized spacial score (nSPS) is 16.9. The Morgan fingerprint density at radius 2 is 2.25 bits per heavy atom. The van der Waals surface area contributed by atoms with Gasteiger partial charge < -0.3 is 15.8 Å². The molecule has 0 saturated carbocycles. The van der Waals surface area contributed by atoms with Crippen LogP contribution in [0, 0.1) is 5.92 Å². The van der Waals surface area contributed by atoms with E-state index in [1.54, 1.807) is 6.07 Å². The molecule has 1 aromatic rings. The molecule has 1 aliphatic heterocycles. The number of primary amides is 1. The van der Waals surface area contributed by atoms with Gasteiger partial charge in [-0.05, 0) is 36.6 Å². The number of nitrogens with two attached hydrogens (primary N) is 1. The van der Waals surface area contributed by atoms with E-state index in [9.17, 15) is 9.59 Å². The molecular formula is C14H17ClN2O3. The number of rotatable bonds is 5. The Bertz CT molecular complexity index is 519. The van der Waals surface area contributed by atoms with E-state index < -0.39 is 0 Å². The SMILES string of the molecule is NC(=O)CCCNC(=O)[C@H]1COc2ccc(Cl)cc2C1. The number of hydrogen-bond acceptors (Lipinski definition) is 3. The van der Waals surface area contributed by atoms with Gasteiger partial charge in [0.15, 0.2) is 0 Å². The molecule has 6 heteroatoms. The monoisotopic (exact) mass is 296 g/mol. The molecule has 5 nitrogen and oxygen atoms in total. The molecular weight excluding hydrogens is 280 g/mol. The number of fused-ring (bicyclic) bond motifs is 1. The van der Waals surface area contributed by atoms with E-state index in [1.165, 1.54) is 0 Å². The van der Waals surface area contributed by atoms with Gasteiger partial charge in [-0.25, -0.2) is 0 Å². The molecule has 0 aromatic heterocycles. The molecule has 2 amide bonds. The van der Waals surface area contributed by atoms with Gasteiger partial charge in [0, 0.05) is 18.0 Å². The van der Waals surface area contributed by atoms with Gasteiger partial charge in [-0.3, -0.25) is 9.59 Å². The summed E-state index contributed by atoms with van der Waals surface area (Å²) < 4.78 is 5.56. The quantitative estimate of drug-likeness (QED) is 0.803. The van der Waals surface area contributed by atoms with Gasteiger partial charge in [-0.2, -0.15) is 0 Å². The van der Waals surface area contributed by atoms with Crippen molar-refractivity contribution in [2.75, 3.05) is 13.2 Å². The van der Waals surface area contributed by atoms with Crippen molar-refractivity contribution < 1.29 is 14.3 Å². The molecule has 1 aromatic carbocycles. The van der Waals surface area contributed by atoms with Crippen molar-refractivity contribution in [3.05, 3.63) is 28.8 Å². The molecule has 20 heavy (non-hydrogen) atoms. The second-order valence-electron chi connectivity index (χ2n) is 4.82. The number of halogens is 1. The number of benzene rings is 1. The summed E-state index contributed by atoms with van der Waals surface area (Å²) in [6.45, 7) is 0.803. The fourth-order valence-electron chi connectivity index (χ4n) is 2.15. The van der Waals surface area contributed by atoms with Crippen molar-refractivity contribution in [1.82, 2.24) is 5.32 Å². The Hall–Kier alpha value is -1.75. The molecule has 0 radical (unpaired) electrons. The molecule has 0 aliphatic carbocycles. The van der Waals surface area contributed by atoms with Crippen LogP contribution in [0.4, 0.5) is 0 Å². The van der Waals surface area contributed by atoms with E-state index in [1.807, 2.05) is 12.1 Å². The molecule has 1 aliphatic rings. The minimum atomic E-state index is -0.358. The number of nitrogens with one attached hydrogen (secondary N) is 1. The number of hydrogen-bond donors (Lipinski definition) is 2. The lowest BCUT2D eigenvalue weighted by Gasteiger charge is -2.24. The summed E-state index contributed by atoms with van der Waals surface area (Å²) in [7, 11) is 0. The topological polar surface area (TPSA) is 81.4 Å². The highest BCUT2D eigenvalue weighted by Gasteiger charge is 2.25. The summed E-state index contributed by atoms with van der Waals surface area (Å²) in [6.07, 6.45) is 1.44. The first kappa shape index (κ1) is 14.7. The lowest BCUT2D eigenvalue weighted by molar-refractivity contribution is -0.126. The minimum absolute atomic E-state index is 0.0694. The number of carbonyl (C=O) groups excluding carboxylic acids is 2. The van der Waals surface area contributed by atoms with Crippen LogP contribution in [0.25, 0.3) is 0 Å². The van der Waals surface area contributed by atoms with E-state index in [4.69, 9.17) is 22.1 Å². The number of amides is 2.